The zero-order valence-electron chi connectivity index (χ0n) is 17.1. The maximum Gasteiger partial charge on any atom is 0.536 e. The van der Waals surface area contributed by atoms with Gasteiger partial charge in [0.2, 0.25) is 0 Å². The Hall–Kier alpha value is -2.44. The van der Waals surface area contributed by atoms with E-state index < -0.39 is 8.80 Å². The second-order valence-electron chi connectivity index (χ2n) is 6.72. The van der Waals surface area contributed by atoms with Gasteiger partial charge in [-0.05, 0) is 50.2 Å². The van der Waals surface area contributed by atoms with Crippen LogP contribution in [-0.2, 0) is 13.3 Å². The van der Waals surface area contributed by atoms with Gasteiger partial charge in [-0.25, -0.2) is 0 Å². The van der Waals surface area contributed by atoms with Crippen LogP contribution in [0.4, 0.5) is 17.1 Å². The Bertz CT molecular complexity index is 835. The average Bonchev–Trinajstić information content (AvgIpc) is 2.74. The van der Waals surface area contributed by atoms with E-state index in [1.807, 2.05) is 12.1 Å². The fourth-order valence-electron chi connectivity index (χ4n) is 3.25. The van der Waals surface area contributed by atoms with E-state index in [2.05, 4.69) is 79.4 Å². The topological polar surface area (TPSA) is 30.9 Å². The summed E-state index contributed by atoms with van der Waals surface area (Å²) in [5.41, 5.74) is 5.74. The highest BCUT2D eigenvalue weighted by atomic mass is 28.4. The van der Waals surface area contributed by atoms with Gasteiger partial charge >= 0.3 is 8.80 Å². The van der Waals surface area contributed by atoms with E-state index in [9.17, 15) is 0 Å². The summed E-state index contributed by atoms with van der Waals surface area (Å²) >= 11 is 0. The first kappa shape index (κ1) is 20.3. The first-order valence-electron chi connectivity index (χ1n) is 9.22. The van der Waals surface area contributed by atoms with Crippen molar-refractivity contribution in [3.8, 4) is 0 Å². The summed E-state index contributed by atoms with van der Waals surface area (Å²) in [6, 6.07) is 25.3. The third-order valence-corrected chi connectivity index (χ3v) is 7.52. The summed E-state index contributed by atoms with van der Waals surface area (Å²) in [6.45, 7) is 4.19. The van der Waals surface area contributed by atoms with Gasteiger partial charge in [0.25, 0.3) is 0 Å². The Kier molecular flexibility index (Phi) is 6.31. The summed E-state index contributed by atoms with van der Waals surface area (Å²) in [5.74, 6) is 0. The smallest absolute Gasteiger partial charge is 0.373 e. The van der Waals surface area contributed by atoms with Crippen molar-refractivity contribution in [3.05, 3.63) is 83.9 Å². The molecule has 0 amide bonds. The highest BCUT2D eigenvalue weighted by Gasteiger charge is 2.40. The Morgan fingerprint density at radius 2 is 0.857 bits per heavy atom. The molecule has 0 saturated heterocycles. The third kappa shape index (κ3) is 4.03. The summed E-state index contributed by atoms with van der Waals surface area (Å²) in [6.07, 6.45) is 0. The van der Waals surface area contributed by atoms with Crippen molar-refractivity contribution >= 4 is 31.1 Å². The summed E-state index contributed by atoms with van der Waals surface area (Å²) in [7, 11) is 2.03. The predicted molar refractivity (Wildman–Crippen MR) is 117 cm³/mol. The first-order chi connectivity index (χ1) is 13.5. The van der Waals surface area contributed by atoms with Crippen LogP contribution >= 0.6 is 0 Å². The van der Waals surface area contributed by atoms with Crippen molar-refractivity contribution < 1.29 is 13.3 Å². The van der Waals surface area contributed by atoms with Gasteiger partial charge in [0.1, 0.15) is 0 Å². The number of benzene rings is 3. The molecule has 0 atom stereocenters. The molecule has 146 valence electrons. The molecule has 0 bridgehead atoms. The van der Waals surface area contributed by atoms with Gasteiger partial charge < -0.3 is 18.2 Å². The minimum absolute atomic E-state index is 0.927. The molecule has 3 rings (SSSR count). The van der Waals surface area contributed by atoms with Crippen LogP contribution in [0.3, 0.4) is 0 Å². The third-order valence-electron chi connectivity index (χ3n) is 4.87. The Morgan fingerprint density at radius 1 is 0.536 bits per heavy atom. The summed E-state index contributed by atoms with van der Waals surface area (Å²) in [4.78, 5) is 2.23. The van der Waals surface area contributed by atoms with Crippen molar-refractivity contribution in [3.63, 3.8) is 0 Å². The number of nitrogens with zero attached hydrogens (tertiary/aromatic N) is 1. The van der Waals surface area contributed by atoms with Crippen LogP contribution in [0.2, 0.25) is 0 Å². The molecule has 3 aromatic carbocycles. The molecule has 0 spiro atoms. The van der Waals surface area contributed by atoms with E-state index in [0.29, 0.717) is 0 Å². The molecule has 3 aromatic rings. The van der Waals surface area contributed by atoms with Crippen molar-refractivity contribution in [2.75, 3.05) is 26.2 Å². The minimum atomic E-state index is -2.84. The van der Waals surface area contributed by atoms with Crippen molar-refractivity contribution in [1.82, 2.24) is 0 Å². The van der Waals surface area contributed by atoms with Crippen LogP contribution in [0.5, 0.6) is 0 Å². The van der Waals surface area contributed by atoms with E-state index in [4.69, 9.17) is 13.3 Å². The van der Waals surface area contributed by atoms with E-state index in [1.165, 1.54) is 11.1 Å². The highest BCUT2D eigenvalue weighted by Crippen LogP contribution is 2.34. The van der Waals surface area contributed by atoms with Crippen molar-refractivity contribution in [2.24, 2.45) is 0 Å². The first-order valence-corrected chi connectivity index (χ1v) is 10.9. The largest absolute Gasteiger partial charge is 0.536 e. The molecule has 28 heavy (non-hydrogen) atoms. The molecular weight excluding hydrogens is 366 g/mol. The molecule has 0 heterocycles. The monoisotopic (exact) mass is 393 g/mol. The highest BCUT2D eigenvalue weighted by molar-refractivity contribution is 6.75. The zero-order chi connectivity index (χ0) is 20.1. The molecule has 0 N–H and O–H groups in total. The van der Waals surface area contributed by atoms with Gasteiger partial charge in [-0.1, -0.05) is 47.5 Å². The van der Waals surface area contributed by atoms with Gasteiger partial charge in [-0.3, -0.25) is 0 Å². The Labute approximate surface area is 168 Å². The molecule has 0 aliphatic rings. The Morgan fingerprint density at radius 3 is 1.18 bits per heavy atom. The lowest BCUT2D eigenvalue weighted by molar-refractivity contribution is 0.140. The van der Waals surface area contributed by atoms with Crippen molar-refractivity contribution in [2.45, 2.75) is 13.8 Å². The molecule has 5 heteroatoms. The maximum absolute atomic E-state index is 5.60. The molecule has 0 aliphatic heterocycles. The molecular formula is C23H27NO3Si. The number of rotatable bonds is 7. The average molecular weight is 394 g/mol. The number of hydrogen-bond acceptors (Lipinski definition) is 4. The molecule has 0 saturated carbocycles. The van der Waals surface area contributed by atoms with Gasteiger partial charge in [0.05, 0.1) is 0 Å². The van der Waals surface area contributed by atoms with Crippen LogP contribution in [-0.4, -0.2) is 30.1 Å². The normalized spacial score (nSPS) is 11.5. The number of anilines is 3. The molecule has 4 nitrogen and oxygen atoms in total. The lowest BCUT2D eigenvalue weighted by Crippen LogP contribution is -2.54. The second-order valence-corrected chi connectivity index (χ2v) is 9.64. The van der Waals surface area contributed by atoms with E-state index >= 15 is 0 Å². The molecule has 0 fully saturated rings. The molecule has 0 aliphatic carbocycles. The van der Waals surface area contributed by atoms with Crippen LogP contribution in [0, 0.1) is 13.8 Å². The fourth-order valence-corrected chi connectivity index (χ4v) is 5.04. The standard InChI is InChI=1S/C23H27NO3Si/c1-18-6-10-20(11-7-18)24(21-12-8-19(2)9-13-21)22-14-16-23(17-15-22)28(25-3,26-4)27-5/h6-17H,1-5H3. The quantitative estimate of drug-likeness (QED) is 0.537. The number of aryl methyl sites for hydroxylation is 2. The Balaban J connectivity index is 2.05. The molecule has 0 aromatic heterocycles. The number of hydrogen-bond donors (Lipinski definition) is 0. The van der Waals surface area contributed by atoms with E-state index in [0.717, 1.165) is 22.2 Å². The summed E-state index contributed by atoms with van der Waals surface area (Å²) in [5, 5.41) is 0.927. The van der Waals surface area contributed by atoms with E-state index in [-0.39, 0.29) is 0 Å². The van der Waals surface area contributed by atoms with E-state index in [1.54, 1.807) is 21.3 Å². The van der Waals surface area contributed by atoms with Crippen LogP contribution in [0.1, 0.15) is 11.1 Å². The predicted octanol–water partition coefficient (Wildman–Crippen LogP) is 4.86. The SMILES string of the molecule is CO[Si](OC)(OC)c1ccc(N(c2ccc(C)cc2)c2ccc(C)cc2)cc1. The molecule has 0 unspecified atom stereocenters. The lowest BCUT2D eigenvalue weighted by atomic mass is 10.1. The maximum atomic E-state index is 5.60. The van der Waals surface area contributed by atoms with Gasteiger partial charge in [0, 0.05) is 43.6 Å². The minimum Gasteiger partial charge on any atom is -0.373 e. The van der Waals surface area contributed by atoms with Crippen molar-refractivity contribution in [1.29, 1.82) is 0 Å². The van der Waals surface area contributed by atoms with Crippen LogP contribution in [0.25, 0.3) is 0 Å². The van der Waals surface area contributed by atoms with Gasteiger partial charge in [0.15, 0.2) is 0 Å². The van der Waals surface area contributed by atoms with Crippen LogP contribution in [0.15, 0.2) is 72.8 Å². The molecule has 0 radical (unpaired) electrons. The summed E-state index contributed by atoms with van der Waals surface area (Å²) < 4.78 is 16.8. The van der Waals surface area contributed by atoms with Crippen LogP contribution < -0.4 is 10.1 Å². The second kappa shape index (κ2) is 8.71. The zero-order valence-corrected chi connectivity index (χ0v) is 18.1. The fraction of sp³-hybridized carbons (Fsp3) is 0.217. The van der Waals surface area contributed by atoms with Gasteiger partial charge in [-0.2, -0.15) is 0 Å². The van der Waals surface area contributed by atoms with Gasteiger partial charge in [-0.15, -0.1) is 0 Å². The lowest BCUT2D eigenvalue weighted by Gasteiger charge is -2.28.